The molecule has 0 spiro atoms. The summed E-state index contributed by atoms with van der Waals surface area (Å²) in [6.07, 6.45) is -0.442. The Hall–Kier alpha value is -3.35. The molecule has 1 aliphatic carbocycles. The van der Waals surface area contributed by atoms with Crippen molar-refractivity contribution in [3.63, 3.8) is 0 Å². The van der Waals surface area contributed by atoms with Gasteiger partial charge in [0.25, 0.3) is 0 Å². The Morgan fingerprint density at radius 3 is 2.33 bits per heavy atom. The third-order valence-electron chi connectivity index (χ3n) is 4.43. The number of ether oxygens (including phenoxy) is 1. The van der Waals surface area contributed by atoms with Gasteiger partial charge < -0.3 is 9.84 Å². The highest BCUT2D eigenvalue weighted by Gasteiger charge is 2.38. The van der Waals surface area contributed by atoms with Crippen LogP contribution < -0.4 is 0 Å². The standard InChI is InChI=1S/C20H14F2O5/c1-27-16(23)9-13(10-6-7-14(21)15(22)8-10)17-18(24)11-4-2-3-5-12(11)19(25)20(17)26/h2-8,13,24H,9H2,1H3/t13-/m1/s1. The number of carbonyl (C=O) groups excluding carboxylic acids is 3. The molecule has 5 nitrogen and oxygen atoms in total. The van der Waals surface area contributed by atoms with E-state index in [4.69, 9.17) is 0 Å². The van der Waals surface area contributed by atoms with Crippen LogP contribution in [0.15, 0.2) is 48.0 Å². The van der Waals surface area contributed by atoms with E-state index in [0.717, 1.165) is 19.2 Å². The van der Waals surface area contributed by atoms with Crippen LogP contribution in [0, 0.1) is 11.6 Å². The van der Waals surface area contributed by atoms with Gasteiger partial charge in [-0.25, -0.2) is 8.78 Å². The van der Waals surface area contributed by atoms with Gasteiger partial charge >= 0.3 is 5.97 Å². The van der Waals surface area contributed by atoms with Crippen molar-refractivity contribution in [1.29, 1.82) is 0 Å². The van der Waals surface area contributed by atoms with Crippen molar-refractivity contribution in [1.82, 2.24) is 0 Å². The maximum absolute atomic E-state index is 13.7. The summed E-state index contributed by atoms with van der Waals surface area (Å²) < 4.78 is 31.6. The fourth-order valence-electron chi connectivity index (χ4n) is 3.07. The van der Waals surface area contributed by atoms with E-state index in [2.05, 4.69) is 4.74 Å². The van der Waals surface area contributed by atoms with Crippen LogP contribution in [-0.2, 0) is 14.3 Å². The van der Waals surface area contributed by atoms with Crippen LogP contribution in [0.5, 0.6) is 0 Å². The van der Waals surface area contributed by atoms with Gasteiger partial charge in [-0.3, -0.25) is 14.4 Å². The number of aliphatic hydroxyl groups excluding tert-OH is 1. The number of hydrogen-bond donors (Lipinski definition) is 1. The molecule has 0 heterocycles. The topological polar surface area (TPSA) is 80.7 Å². The predicted octanol–water partition coefficient (Wildman–Crippen LogP) is 3.35. The maximum atomic E-state index is 13.7. The first-order valence-electron chi connectivity index (χ1n) is 7.98. The Kier molecular flexibility index (Phi) is 4.85. The molecule has 3 rings (SSSR count). The first-order chi connectivity index (χ1) is 12.8. The number of methoxy groups -OCH3 is 1. The van der Waals surface area contributed by atoms with Gasteiger partial charge in [-0.2, -0.15) is 0 Å². The second-order valence-corrected chi connectivity index (χ2v) is 5.97. The summed E-state index contributed by atoms with van der Waals surface area (Å²) in [6.45, 7) is 0. The molecule has 2 aromatic rings. The van der Waals surface area contributed by atoms with E-state index in [-0.39, 0.29) is 22.3 Å². The Morgan fingerprint density at radius 2 is 1.70 bits per heavy atom. The highest BCUT2D eigenvalue weighted by Crippen LogP contribution is 2.38. The highest BCUT2D eigenvalue weighted by molar-refractivity contribution is 6.52. The monoisotopic (exact) mass is 372 g/mol. The summed E-state index contributed by atoms with van der Waals surface area (Å²) in [6, 6.07) is 8.82. The number of ketones is 2. The second kappa shape index (κ2) is 7.11. The molecule has 0 fully saturated rings. The van der Waals surface area contributed by atoms with Gasteiger partial charge in [0, 0.05) is 17.0 Å². The first-order valence-corrected chi connectivity index (χ1v) is 7.98. The third kappa shape index (κ3) is 3.23. The number of benzene rings is 2. The smallest absolute Gasteiger partial charge is 0.306 e. The Balaban J connectivity index is 2.22. The van der Waals surface area contributed by atoms with Crippen molar-refractivity contribution in [2.75, 3.05) is 7.11 Å². The van der Waals surface area contributed by atoms with Crippen LogP contribution in [0.25, 0.3) is 5.76 Å². The van der Waals surface area contributed by atoms with Crippen molar-refractivity contribution < 1.29 is 33.0 Å². The van der Waals surface area contributed by atoms with E-state index >= 15 is 0 Å². The van der Waals surface area contributed by atoms with Gasteiger partial charge in [-0.05, 0) is 17.7 Å². The van der Waals surface area contributed by atoms with E-state index in [9.17, 15) is 28.3 Å². The molecule has 0 unspecified atom stereocenters. The fraction of sp³-hybridized carbons (Fsp3) is 0.150. The average Bonchev–Trinajstić information content (AvgIpc) is 2.67. The molecule has 7 heteroatoms. The number of fused-ring (bicyclic) bond motifs is 1. The van der Waals surface area contributed by atoms with Crippen molar-refractivity contribution in [3.05, 3.63) is 76.4 Å². The van der Waals surface area contributed by atoms with Crippen LogP contribution in [0.2, 0.25) is 0 Å². The second-order valence-electron chi connectivity index (χ2n) is 5.97. The van der Waals surface area contributed by atoms with Crippen LogP contribution in [0.3, 0.4) is 0 Å². The van der Waals surface area contributed by atoms with Gasteiger partial charge in [0.2, 0.25) is 11.6 Å². The number of hydrogen-bond acceptors (Lipinski definition) is 5. The lowest BCUT2D eigenvalue weighted by Gasteiger charge is -2.24. The molecule has 1 N–H and O–H groups in total. The Morgan fingerprint density at radius 1 is 1.04 bits per heavy atom. The maximum Gasteiger partial charge on any atom is 0.306 e. The molecule has 1 atom stereocenters. The zero-order valence-corrected chi connectivity index (χ0v) is 14.2. The van der Waals surface area contributed by atoms with Gasteiger partial charge in [-0.1, -0.05) is 30.3 Å². The van der Waals surface area contributed by atoms with Crippen LogP contribution in [0.1, 0.15) is 33.8 Å². The van der Waals surface area contributed by atoms with Gasteiger partial charge in [-0.15, -0.1) is 0 Å². The van der Waals surface area contributed by atoms with Crippen molar-refractivity contribution in [3.8, 4) is 0 Å². The lowest BCUT2D eigenvalue weighted by atomic mass is 9.78. The SMILES string of the molecule is COC(=O)C[C@@H](C1=C(O)c2ccccc2C(=O)C1=O)c1ccc(F)c(F)c1. The molecule has 0 amide bonds. The summed E-state index contributed by atoms with van der Waals surface area (Å²) in [5.41, 5.74) is -0.128. The molecular formula is C20H14F2O5. The number of carbonyl (C=O) groups is 3. The summed E-state index contributed by atoms with van der Waals surface area (Å²) in [5.74, 6) is -6.56. The number of allylic oxidation sites excluding steroid dienone is 1. The van der Waals surface area contributed by atoms with E-state index < -0.39 is 47.3 Å². The first kappa shape index (κ1) is 18.4. The molecule has 27 heavy (non-hydrogen) atoms. The molecule has 0 aromatic heterocycles. The van der Waals surface area contributed by atoms with Crippen molar-refractivity contribution >= 4 is 23.3 Å². The van der Waals surface area contributed by atoms with Crippen LogP contribution >= 0.6 is 0 Å². The third-order valence-corrected chi connectivity index (χ3v) is 4.43. The van der Waals surface area contributed by atoms with E-state index in [1.165, 1.54) is 18.2 Å². The zero-order valence-electron chi connectivity index (χ0n) is 14.2. The molecule has 0 radical (unpaired) electrons. The number of aliphatic hydroxyl groups is 1. The zero-order chi connectivity index (χ0) is 19.7. The summed E-state index contributed by atoms with van der Waals surface area (Å²) in [5, 5.41) is 10.6. The molecular weight excluding hydrogens is 358 g/mol. The molecule has 0 saturated carbocycles. The molecule has 0 aliphatic heterocycles. The summed E-state index contributed by atoms with van der Waals surface area (Å²) >= 11 is 0. The minimum absolute atomic E-state index is 0.0332. The minimum atomic E-state index is -1.18. The molecule has 0 bridgehead atoms. The van der Waals surface area contributed by atoms with E-state index in [1.54, 1.807) is 12.1 Å². The predicted molar refractivity (Wildman–Crippen MR) is 91.1 cm³/mol. The normalized spacial score (nSPS) is 14.8. The lowest BCUT2D eigenvalue weighted by Crippen LogP contribution is -2.28. The summed E-state index contributed by atoms with van der Waals surface area (Å²) in [4.78, 5) is 36.9. The number of Topliss-reactive ketones (excluding diaryl/α,β-unsaturated/α-hetero) is 2. The average molecular weight is 372 g/mol. The van der Waals surface area contributed by atoms with Crippen LogP contribution in [0.4, 0.5) is 8.78 Å². The quantitative estimate of drug-likeness (QED) is 0.658. The summed E-state index contributed by atoms with van der Waals surface area (Å²) in [7, 11) is 1.13. The molecule has 0 saturated heterocycles. The van der Waals surface area contributed by atoms with E-state index in [0.29, 0.717) is 0 Å². The number of rotatable bonds is 4. The van der Waals surface area contributed by atoms with Crippen molar-refractivity contribution in [2.45, 2.75) is 12.3 Å². The Labute approximate surface area is 152 Å². The van der Waals surface area contributed by atoms with Crippen LogP contribution in [-0.4, -0.2) is 29.8 Å². The van der Waals surface area contributed by atoms with Gasteiger partial charge in [0.1, 0.15) is 5.76 Å². The number of halogens is 2. The largest absolute Gasteiger partial charge is 0.507 e. The Bertz CT molecular complexity index is 994. The van der Waals surface area contributed by atoms with Gasteiger partial charge in [0.05, 0.1) is 19.1 Å². The molecule has 2 aromatic carbocycles. The van der Waals surface area contributed by atoms with E-state index in [1.807, 2.05) is 0 Å². The number of esters is 1. The van der Waals surface area contributed by atoms with Gasteiger partial charge in [0.15, 0.2) is 11.6 Å². The fourth-order valence-corrected chi connectivity index (χ4v) is 3.07. The minimum Gasteiger partial charge on any atom is -0.507 e. The lowest BCUT2D eigenvalue weighted by molar-refractivity contribution is -0.140. The molecule has 138 valence electrons. The molecule has 1 aliphatic rings. The highest BCUT2D eigenvalue weighted by atomic mass is 19.2. The van der Waals surface area contributed by atoms with Crippen molar-refractivity contribution in [2.24, 2.45) is 0 Å².